The van der Waals surface area contributed by atoms with Gasteiger partial charge in [-0.25, -0.2) is 4.98 Å². The number of aromatic nitrogens is 1. The Kier molecular flexibility index (Phi) is 2.33. The SMILES string of the molecule is CNC1CCCc2nc(C3CC3C)sc21. The van der Waals surface area contributed by atoms with Gasteiger partial charge in [0.1, 0.15) is 0 Å². The first kappa shape index (κ1) is 9.79. The van der Waals surface area contributed by atoms with Gasteiger partial charge in [-0.2, -0.15) is 0 Å². The van der Waals surface area contributed by atoms with Gasteiger partial charge < -0.3 is 5.32 Å². The first-order valence-electron chi connectivity index (χ1n) is 5.96. The Morgan fingerprint density at radius 1 is 1.47 bits per heavy atom. The van der Waals surface area contributed by atoms with Gasteiger partial charge in [-0.15, -0.1) is 11.3 Å². The summed E-state index contributed by atoms with van der Waals surface area (Å²) in [6.45, 7) is 2.33. The van der Waals surface area contributed by atoms with Gasteiger partial charge in [0.15, 0.2) is 0 Å². The third kappa shape index (κ3) is 1.62. The molecule has 3 atom stereocenters. The van der Waals surface area contributed by atoms with E-state index >= 15 is 0 Å². The average molecular weight is 222 g/mol. The van der Waals surface area contributed by atoms with Crippen molar-refractivity contribution in [3.63, 3.8) is 0 Å². The number of nitrogens with one attached hydrogen (secondary N) is 1. The van der Waals surface area contributed by atoms with Crippen LogP contribution < -0.4 is 5.32 Å². The molecule has 1 aromatic heterocycles. The Morgan fingerprint density at radius 2 is 2.27 bits per heavy atom. The van der Waals surface area contributed by atoms with Crippen LogP contribution in [0.5, 0.6) is 0 Å². The van der Waals surface area contributed by atoms with Crippen LogP contribution in [0, 0.1) is 5.92 Å². The van der Waals surface area contributed by atoms with Crippen LogP contribution in [-0.4, -0.2) is 12.0 Å². The van der Waals surface area contributed by atoms with Crippen LogP contribution in [0.2, 0.25) is 0 Å². The Balaban J connectivity index is 1.91. The van der Waals surface area contributed by atoms with E-state index in [0.717, 1.165) is 11.8 Å². The smallest absolute Gasteiger partial charge is 0.0965 e. The van der Waals surface area contributed by atoms with Crippen molar-refractivity contribution in [3.8, 4) is 0 Å². The molecule has 1 aromatic rings. The van der Waals surface area contributed by atoms with E-state index in [2.05, 4.69) is 19.3 Å². The second-order valence-electron chi connectivity index (χ2n) is 4.92. The van der Waals surface area contributed by atoms with E-state index in [9.17, 15) is 0 Å². The topological polar surface area (TPSA) is 24.9 Å². The van der Waals surface area contributed by atoms with Gasteiger partial charge in [0.25, 0.3) is 0 Å². The number of nitrogens with zero attached hydrogens (tertiary/aromatic N) is 1. The maximum Gasteiger partial charge on any atom is 0.0965 e. The fourth-order valence-corrected chi connectivity index (χ4v) is 4.04. The number of thiazole rings is 1. The molecule has 0 aliphatic heterocycles. The van der Waals surface area contributed by atoms with Gasteiger partial charge >= 0.3 is 0 Å². The van der Waals surface area contributed by atoms with Crippen molar-refractivity contribution < 1.29 is 0 Å². The van der Waals surface area contributed by atoms with E-state index in [1.54, 1.807) is 0 Å². The molecule has 0 amide bonds. The van der Waals surface area contributed by atoms with Crippen molar-refractivity contribution in [1.29, 1.82) is 0 Å². The molecule has 1 heterocycles. The van der Waals surface area contributed by atoms with E-state index < -0.39 is 0 Å². The van der Waals surface area contributed by atoms with E-state index in [1.165, 1.54) is 41.3 Å². The molecule has 82 valence electrons. The lowest BCUT2D eigenvalue weighted by Gasteiger charge is -2.20. The molecule has 0 saturated heterocycles. The highest BCUT2D eigenvalue weighted by atomic mass is 32.1. The predicted molar refractivity (Wildman–Crippen MR) is 63.4 cm³/mol. The van der Waals surface area contributed by atoms with Crippen LogP contribution in [0.4, 0.5) is 0 Å². The molecule has 3 unspecified atom stereocenters. The summed E-state index contributed by atoms with van der Waals surface area (Å²) in [5, 5.41) is 4.83. The van der Waals surface area contributed by atoms with Crippen molar-refractivity contribution in [3.05, 3.63) is 15.6 Å². The molecule has 0 aromatic carbocycles. The highest BCUT2D eigenvalue weighted by molar-refractivity contribution is 7.12. The fourth-order valence-electron chi connectivity index (χ4n) is 2.54. The molecule has 0 spiro atoms. The van der Waals surface area contributed by atoms with Gasteiger partial charge in [0, 0.05) is 16.8 Å². The van der Waals surface area contributed by atoms with Crippen LogP contribution in [-0.2, 0) is 6.42 Å². The molecule has 2 nitrogen and oxygen atoms in total. The monoisotopic (exact) mass is 222 g/mol. The summed E-state index contributed by atoms with van der Waals surface area (Å²) in [6, 6.07) is 0.578. The second kappa shape index (κ2) is 3.56. The third-order valence-electron chi connectivity index (χ3n) is 3.74. The summed E-state index contributed by atoms with van der Waals surface area (Å²) in [4.78, 5) is 6.37. The van der Waals surface area contributed by atoms with Crippen LogP contribution in [0.1, 0.15) is 53.7 Å². The molecular formula is C12H18N2S. The van der Waals surface area contributed by atoms with Crippen molar-refractivity contribution in [2.75, 3.05) is 7.05 Å². The normalized spacial score (nSPS) is 33.9. The average Bonchev–Trinajstić information content (AvgIpc) is 2.82. The molecule has 3 heteroatoms. The molecular weight excluding hydrogens is 204 g/mol. The predicted octanol–water partition coefficient (Wildman–Crippen LogP) is 2.86. The van der Waals surface area contributed by atoms with Gasteiger partial charge in [0.2, 0.25) is 0 Å². The molecule has 15 heavy (non-hydrogen) atoms. The number of rotatable bonds is 2. The molecule has 1 saturated carbocycles. The maximum absolute atomic E-state index is 4.84. The summed E-state index contributed by atoms with van der Waals surface area (Å²) in [5.41, 5.74) is 1.39. The zero-order valence-corrected chi connectivity index (χ0v) is 10.2. The minimum absolute atomic E-state index is 0.578. The first-order valence-corrected chi connectivity index (χ1v) is 6.78. The van der Waals surface area contributed by atoms with Gasteiger partial charge in [-0.3, -0.25) is 0 Å². The van der Waals surface area contributed by atoms with Gasteiger partial charge in [0.05, 0.1) is 10.7 Å². The molecule has 3 rings (SSSR count). The van der Waals surface area contributed by atoms with Crippen molar-refractivity contribution in [2.45, 2.75) is 44.6 Å². The fraction of sp³-hybridized carbons (Fsp3) is 0.750. The Morgan fingerprint density at radius 3 is 2.93 bits per heavy atom. The van der Waals surface area contributed by atoms with Crippen molar-refractivity contribution in [2.24, 2.45) is 5.92 Å². The van der Waals surface area contributed by atoms with E-state index in [0.29, 0.717) is 6.04 Å². The molecule has 0 radical (unpaired) electrons. The zero-order valence-electron chi connectivity index (χ0n) is 9.42. The maximum atomic E-state index is 4.84. The van der Waals surface area contributed by atoms with Crippen molar-refractivity contribution in [1.82, 2.24) is 10.3 Å². The lowest BCUT2D eigenvalue weighted by atomic mass is 9.98. The standard InChI is InChI=1S/C12H18N2S/c1-7-6-8(7)12-14-10-5-3-4-9(13-2)11(10)15-12/h7-9,13H,3-6H2,1-2H3. The van der Waals surface area contributed by atoms with Crippen molar-refractivity contribution >= 4 is 11.3 Å². The second-order valence-corrected chi connectivity index (χ2v) is 5.98. The van der Waals surface area contributed by atoms with Crippen LogP contribution in [0.3, 0.4) is 0 Å². The van der Waals surface area contributed by atoms with Crippen LogP contribution in [0.15, 0.2) is 0 Å². The summed E-state index contributed by atoms with van der Waals surface area (Å²) in [5.74, 6) is 1.67. The summed E-state index contributed by atoms with van der Waals surface area (Å²) in [6.07, 6.45) is 5.13. The molecule has 1 N–H and O–H groups in total. The molecule has 2 aliphatic rings. The largest absolute Gasteiger partial charge is 0.312 e. The van der Waals surface area contributed by atoms with Gasteiger partial charge in [-0.1, -0.05) is 6.92 Å². The quantitative estimate of drug-likeness (QED) is 0.832. The van der Waals surface area contributed by atoms with Crippen LogP contribution in [0.25, 0.3) is 0 Å². The van der Waals surface area contributed by atoms with E-state index in [1.807, 2.05) is 11.3 Å². The summed E-state index contributed by atoms with van der Waals surface area (Å²) >= 11 is 1.97. The minimum Gasteiger partial charge on any atom is -0.312 e. The Bertz CT molecular complexity index is 372. The lowest BCUT2D eigenvalue weighted by Crippen LogP contribution is -2.19. The molecule has 0 bridgehead atoms. The number of hydrogen-bond donors (Lipinski definition) is 1. The Labute approximate surface area is 95.1 Å². The molecule has 1 fully saturated rings. The highest BCUT2D eigenvalue weighted by Crippen LogP contribution is 2.50. The van der Waals surface area contributed by atoms with E-state index in [-0.39, 0.29) is 0 Å². The number of hydrogen-bond acceptors (Lipinski definition) is 3. The summed E-state index contributed by atoms with van der Waals surface area (Å²) in [7, 11) is 2.07. The zero-order chi connectivity index (χ0) is 10.4. The molecule has 2 aliphatic carbocycles. The van der Waals surface area contributed by atoms with Crippen LogP contribution >= 0.6 is 11.3 Å². The van der Waals surface area contributed by atoms with Gasteiger partial charge in [-0.05, 0) is 38.6 Å². The third-order valence-corrected chi connectivity index (χ3v) is 5.09. The number of fused-ring (bicyclic) bond motifs is 1. The first-order chi connectivity index (χ1) is 7.29. The number of aryl methyl sites for hydroxylation is 1. The highest BCUT2D eigenvalue weighted by Gasteiger charge is 2.38. The Hall–Kier alpha value is -0.410. The summed E-state index contributed by atoms with van der Waals surface area (Å²) < 4.78 is 0. The minimum atomic E-state index is 0.578. The van der Waals surface area contributed by atoms with E-state index in [4.69, 9.17) is 4.98 Å². The lowest BCUT2D eigenvalue weighted by molar-refractivity contribution is 0.500.